The number of pyridine rings is 1. The molecule has 0 spiro atoms. The molecule has 11 heteroatoms. The molecule has 0 aliphatic carbocycles. The Morgan fingerprint density at radius 1 is 1.06 bits per heavy atom. The fourth-order valence-corrected chi connectivity index (χ4v) is 3.28. The molecule has 0 bridgehead atoms. The Hall–Kier alpha value is -3.54. The van der Waals surface area contributed by atoms with Gasteiger partial charge in [-0.1, -0.05) is 18.2 Å². The Morgan fingerprint density at radius 3 is 2.44 bits per heavy atom. The minimum absolute atomic E-state index is 0.102. The minimum Gasteiger partial charge on any atom is -0.493 e. The van der Waals surface area contributed by atoms with Crippen LogP contribution in [-0.2, 0) is 23.1 Å². The standard InChI is InChI=1S/C23H24FN3O6S/c1-32-21-12-17(13-25-11-10-16-2-6-19(24)7-3-16)4-8-20(21)33-22-9-5-18(14-26-22)23(28)27-15-34(29,30)31/h2-9,12,14,25H,10-11,13,15H2,1H3,(H,27,28)(H,29,30,31). The summed E-state index contributed by atoms with van der Waals surface area (Å²) < 4.78 is 54.3. The SMILES string of the molecule is COc1cc(CNCCc2ccc(F)cc2)ccc1Oc1ccc(C(=O)NCS(=O)(=O)O)cn1. The number of ether oxygens (including phenoxy) is 2. The first-order valence-corrected chi connectivity index (χ1v) is 11.8. The number of halogens is 1. The summed E-state index contributed by atoms with van der Waals surface area (Å²) in [5, 5.41) is 5.39. The maximum absolute atomic E-state index is 13.0. The van der Waals surface area contributed by atoms with E-state index < -0.39 is 21.9 Å². The second-order valence-corrected chi connectivity index (χ2v) is 8.71. The quantitative estimate of drug-likeness (QED) is 0.277. The number of hydrogen-bond donors (Lipinski definition) is 3. The van der Waals surface area contributed by atoms with Gasteiger partial charge in [0.25, 0.3) is 16.0 Å². The molecule has 1 heterocycles. The monoisotopic (exact) mass is 489 g/mol. The zero-order chi connectivity index (χ0) is 24.6. The van der Waals surface area contributed by atoms with E-state index in [9.17, 15) is 17.6 Å². The normalized spacial score (nSPS) is 11.1. The second kappa shape index (κ2) is 11.5. The molecule has 180 valence electrons. The highest BCUT2D eigenvalue weighted by Crippen LogP contribution is 2.31. The van der Waals surface area contributed by atoms with Crippen LogP contribution in [0.3, 0.4) is 0 Å². The van der Waals surface area contributed by atoms with E-state index in [1.807, 2.05) is 12.1 Å². The van der Waals surface area contributed by atoms with Crippen LogP contribution in [0.25, 0.3) is 0 Å². The second-order valence-electron chi connectivity index (χ2n) is 7.26. The van der Waals surface area contributed by atoms with E-state index in [2.05, 4.69) is 15.6 Å². The number of benzene rings is 2. The van der Waals surface area contributed by atoms with E-state index in [4.69, 9.17) is 14.0 Å². The van der Waals surface area contributed by atoms with Gasteiger partial charge >= 0.3 is 0 Å². The van der Waals surface area contributed by atoms with Crippen molar-refractivity contribution in [3.63, 3.8) is 0 Å². The van der Waals surface area contributed by atoms with Crippen LogP contribution in [0, 0.1) is 5.82 Å². The van der Waals surface area contributed by atoms with E-state index >= 15 is 0 Å². The fourth-order valence-electron chi connectivity index (χ4n) is 2.97. The van der Waals surface area contributed by atoms with Crippen molar-refractivity contribution in [2.24, 2.45) is 0 Å². The Bertz CT molecular complexity index is 1220. The summed E-state index contributed by atoms with van der Waals surface area (Å²) >= 11 is 0. The number of aromatic nitrogens is 1. The predicted octanol–water partition coefficient (Wildman–Crippen LogP) is 2.93. The first-order valence-electron chi connectivity index (χ1n) is 10.2. The topological polar surface area (TPSA) is 127 Å². The van der Waals surface area contributed by atoms with Gasteiger partial charge in [0, 0.05) is 18.8 Å². The fraction of sp³-hybridized carbons (Fsp3) is 0.217. The van der Waals surface area contributed by atoms with Gasteiger partial charge in [-0.15, -0.1) is 0 Å². The average molecular weight is 490 g/mol. The van der Waals surface area contributed by atoms with Crippen molar-refractivity contribution in [1.29, 1.82) is 0 Å². The molecule has 3 aromatic rings. The number of nitrogens with one attached hydrogen (secondary N) is 2. The van der Waals surface area contributed by atoms with Gasteiger partial charge in [-0.25, -0.2) is 9.37 Å². The van der Waals surface area contributed by atoms with Crippen molar-refractivity contribution in [2.75, 3.05) is 19.5 Å². The Labute approximate surface area is 196 Å². The molecule has 2 aromatic carbocycles. The van der Waals surface area contributed by atoms with Crippen molar-refractivity contribution in [2.45, 2.75) is 13.0 Å². The summed E-state index contributed by atoms with van der Waals surface area (Å²) in [6.07, 6.45) is 1.99. The Balaban J connectivity index is 1.54. The van der Waals surface area contributed by atoms with E-state index in [1.54, 1.807) is 18.2 Å². The summed E-state index contributed by atoms with van der Waals surface area (Å²) in [6, 6.07) is 14.7. The molecule has 3 rings (SSSR count). The molecule has 1 amide bonds. The van der Waals surface area contributed by atoms with Crippen molar-refractivity contribution in [3.05, 3.63) is 83.3 Å². The number of hydrogen-bond acceptors (Lipinski definition) is 7. The van der Waals surface area contributed by atoms with Crippen molar-refractivity contribution in [1.82, 2.24) is 15.6 Å². The molecule has 0 unspecified atom stereocenters. The zero-order valence-corrected chi connectivity index (χ0v) is 19.1. The summed E-state index contributed by atoms with van der Waals surface area (Å²) in [5.74, 6) is -0.726. The lowest BCUT2D eigenvalue weighted by Gasteiger charge is -2.12. The largest absolute Gasteiger partial charge is 0.493 e. The number of carbonyl (C=O) groups is 1. The predicted molar refractivity (Wildman–Crippen MR) is 123 cm³/mol. The molecule has 0 fully saturated rings. The Kier molecular flexibility index (Phi) is 8.52. The van der Waals surface area contributed by atoms with Crippen molar-refractivity contribution >= 4 is 16.0 Å². The summed E-state index contributed by atoms with van der Waals surface area (Å²) in [4.78, 5) is 15.9. The number of rotatable bonds is 11. The van der Waals surface area contributed by atoms with Gasteiger partial charge in [0.1, 0.15) is 11.7 Å². The molecule has 0 atom stereocenters. The number of carbonyl (C=O) groups excluding carboxylic acids is 1. The van der Waals surface area contributed by atoms with E-state index in [0.29, 0.717) is 18.0 Å². The molecule has 0 aliphatic rings. The highest BCUT2D eigenvalue weighted by Gasteiger charge is 2.12. The van der Waals surface area contributed by atoms with E-state index in [1.165, 1.54) is 37.6 Å². The number of nitrogens with zero attached hydrogens (tertiary/aromatic N) is 1. The van der Waals surface area contributed by atoms with Gasteiger partial charge in [0.05, 0.1) is 12.7 Å². The van der Waals surface area contributed by atoms with Crippen LogP contribution in [0.5, 0.6) is 17.4 Å². The summed E-state index contributed by atoms with van der Waals surface area (Å²) in [5.41, 5.74) is 2.12. The van der Waals surface area contributed by atoms with E-state index in [0.717, 1.165) is 24.1 Å². The first-order chi connectivity index (χ1) is 16.2. The van der Waals surface area contributed by atoms with Crippen LogP contribution in [0.1, 0.15) is 21.5 Å². The molecule has 0 saturated heterocycles. The molecule has 34 heavy (non-hydrogen) atoms. The molecule has 0 aliphatic heterocycles. The summed E-state index contributed by atoms with van der Waals surface area (Å²) in [6.45, 7) is 1.32. The van der Waals surface area contributed by atoms with Crippen LogP contribution in [0.15, 0.2) is 60.8 Å². The Morgan fingerprint density at radius 2 is 1.79 bits per heavy atom. The molecule has 0 saturated carbocycles. The molecule has 1 aromatic heterocycles. The highest BCUT2D eigenvalue weighted by atomic mass is 32.2. The molecular formula is C23H24FN3O6S. The lowest BCUT2D eigenvalue weighted by atomic mass is 10.1. The minimum atomic E-state index is -4.32. The van der Waals surface area contributed by atoms with Crippen molar-refractivity contribution < 1.29 is 31.6 Å². The lowest BCUT2D eigenvalue weighted by molar-refractivity contribution is 0.0958. The van der Waals surface area contributed by atoms with Gasteiger partial charge in [-0.3, -0.25) is 9.35 Å². The highest BCUT2D eigenvalue weighted by molar-refractivity contribution is 7.85. The average Bonchev–Trinajstić information content (AvgIpc) is 2.82. The van der Waals surface area contributed by atoms with Gasteiger partial charge in [0.2, 0.25) is 5.88 Å². The number of amides is 1. The summed E-state index contributed by atoms with van der Waals surface area (Å²) in [7, 11) is -2.80. The molecule has 9 nitrogen and oxygen atoms in total. The van der Waals surface area contributed by atoms with Gasteiger partial charge in [0.15, 0.2) is 11.5 Å². The molecule has 3 N–H and O–H groups in total. The third kappa shape index (κ3) is 7.80. The van der Waals surface area contributed by atoms with Gasteiger partial charge in [-0.2, -0.15) is 8.42 Å². The van der Waals surface area contributed by atoms with Crippen LogP contribution in [0.4, 0.5) is 4.39 Å². The molecule has 0 radical (unpaired) electrons. The van der Waals surface area contributed by atoms with Crippen LogP contribution in [-0.4, -0.2) is 43.4 Å². The third-order valence-electron chi connectivity index (χ3n) is 4.69. The zero-order valence-electron chi connectivity index (χ0n) is 18.3. The van der Waals surface area contributed by atoms with Crippen LogP contribution < -0.4 is 20.1 Å². The smallest absolute Gasteiger partial charge is 0.283 e. The van der Waals surface area contributed by atoms with Crippen molar-refractivity contribution in [3.8, 4) is 17.4 Å². The molecular weight excluding hydrogens is 465 g/mol. The van der Waals surface area contributed by atoms with Crippen LogP contribution >= 0.6 is 0 Å². The number of methoxy groups -OCH3 is 1. The first kappa shape index (κ1) is 25.1. The third-order valence-corrected chi connectivity index (χ3v) is 5.20. The van der Waals surface area contributed by atoms with E-state index in [-0.39, 0.29) is 17.3 Å². The maximum Gasteiger partial charge on any atom is 0.283 e. The van der Waals surface area contributed by atoms with Gasteiger partial charge in [-0.05, 0) is 54.4 Å². The van der Waals surface area contributed by atoms with Gasteiger partial charge < -0.3 is 20.1 Å². The lowest BCUT2D eigenvalue weighted by Crippen LogP contribution is -2.29. The van der Waals surface area contributed by atoms with Crippen LogP contribution in [0.2, 0.25) is 0 Å². The maximum atomic E-state index is 13.0.